The van der Waals surface area contributed by atoms with E-state index in [-0.39, 0.29) is 17.8 Å². The van der Waals surface area contributed by atoms with E-state index in [1.165, 1.54) is 6.08 Å². The van der Waals surface area contributed by atoms with Crippen LogP contribution in [-0.2, 0) is 19.1 Å². The number of anilines is 1. The summed E-state index contributed by atoms with van der Waals surface area (Å²) in [6.07, 6.45) is 8.76. The van der Waals surface area contributed by atoms with Gasteiger partial charge in [-0.1, -0.05) is 31.4 Å². The molecule has 1 N–H and O–H groups in total. The lowest BCUT2D eigenvalue weighted by molar-refractivity contribution is -0.154. The number of esters is 1. The number of carbonyl (C=O) groups is 3. The zero-order valence-electron chi connectivity index (χ0n) is 16.4. The van der Waals surface area contributed by atoms with Gasteiger partial charge in [0, 0.05) is 24.7 Å². The second-order valence-electron chi connectivity index (χ2n) is 7.43. The third-order valence-corrected chi connectivity index (χ3v) is 5.44. The van der Waals surface area contributed by atoms with Crippen LogP contribution in [0.25, 0.3) is 6.08 Å². The Morgan fingerprint density at radius 3 is 2.46 bits per heavy atom. The molecule has 1 aliphatic carbocycles. The Bertz CT molecular complexity index is 748. The van der Waals surface area contributed by atoms with Gasteiger partial charge in [-0.3, -0.25) is 9.59 Å². The Labute approximate surface area is 165 Å². The van der Waals surface area contributed by atoms with Crippen LogP contribution in [0.1, 0.15) is 57.4 Å². The molecule has 0 spiro atoms. The largest absolute Gasteiger partial charge is 0.464 e. The molecule has 6 heteroatoms. The van der Waals surface area contributed by atoms with Gasteiger partial charge in [0.2, 0.25) is 11.8 Å². The van der Waals surface area contributed by atoms with Crippen molar-refractivity contribution in [3.05, 3.63) is 35.9 Å². The number of rotatable bonds is 6. The third kappa shape index (κ3) is 4.61. The molecule has 0 radical (unpaired) electrons. The molecule has 0 atom stereocenters. The van der Waals surface area contributed by atoms with Gasteiger partial charge in [0.1, 0.15) is 5.54 Å². The SMILES string of the molecule is CCOC(=O)C1(NC(=O)/C=C/c2ccc(N3CCCC3=O)cc2)CCCCC1. The number of hydrogen-bond acceptors (Lipinski definition) is 4. The van der Waals surface area contributed by atoms with Crippen LogP contribution >= 0.6 is 0 Å². The number of carbonyl (C=O) groups excluding carboxylic acids is 3. The van der Waals surface area contributed by atoms with Crippen molar-refractivity contribution in [3.8, 4) is 0 Å². The lowest BCUT2D eigenvalue weighted by Gasteiger charge is -2.35. The van der Waals surface area contributed by atoms with Crippen molar-refractivity contribution < 1.29 is 19.1 Å². The molecule has 2 fully saturated rings. The van der Waals surface area contributed by atoms with E-state index in [2.05, 4.69) is 5.32 Å². The highest BCUT2D eigenvalue weighted by Gasteiger charge is 2.41. The number of hydrogen-bond donors (Lipinski definition) is 1. The first kappa shape index (κ1) is 20.1. The molecule has 2 aliphatic rings. The van der Waals surface area contributed by atoms with Crippen LogP contribution in [0.4, 0.5) is 5.69 Å². The molecule has 1 heterocycles. The highest BCUT2D eigenvalue weighted by molar-refractivity contribution is 5.97. The van der Waals surface area contributed by atoms with Gasteiger partial charge in [-0.25, -0.2) is 4.79 Å². The van der Waals surface area contributed by atoms with Gasteiger partial charge in [0.25, 0.3) is 0 Å². The Balaban J connectivity index is 1.63. The summed E-state index contributed by atoms with van der Waals surface area (Å²) in [5.41, 5.74) is 0.835. The average Bonchev–Trinajstić information content (AvgIpc) is 3.13. The van der Waals surface area contributed by atoms with E-state index in [1.54, 1.807) is 17.9 Å². The normalized spacial score (nSPS) is 19.0. The maximum atomic E-state index is 12.5. The second kappa shape index (κ2) is 9.04. The van der Waals surface area contributed by atoms with Crippen LogP contribution in [0.5, 0.6) is 0 Å². The van der Waals surface area contributed by atoms with Crippen molar-refractivity contribution in [2.75, 3.05) is 18.1 Å². The van der Waals surface area contributed by atoms with Crippen LogP contribution < -0.4 is 10.2 Å². The highest BCUT2D eigenvalue weighted by Crippen LogP contribution is 2.29. The van der Waals surface area contributed by atoms with E-state index >= 15 is 0 Å². The molecule has 2 amide bonds. The summed E-state index contributed by atoms with van der Waals surface area (Å²) >= 11 is 0. The van der Waals surface area contributed by atoms with Crippen LogP contribution in [0.15, 0.2) is 30.3 Å². The van der Waals surface area contributed by atoms with Gasteiger partial charge in [0.05, 0.1) is 6.61 Å². The average molecular weight is 384 g/mol. The van der Waals surface area contributed by atoms with Crippen molar-refractivity contribution in [1.82, 2.24) is 5.32 Å². The molecular weight excluding hydrogens is 356 g/mol. The Kier molecular flexibility index (Phi) is 6.49. The third-order valence-electron chi connectivity index (χ3n) is 5.44. The first-order valence-corrected chi connectivity index (χ1v) is 10.1. The minimum atomic E-state index is -0.907. The van der Waals surface area contributed by atoms with Crippen molar-refractivity contribution in [3.63, 3.8) is 0 Å². The van der Waals surface area contributed by atoms with E-state index in [4.69, 9.17) is 4.74 Å². The lowest BCUT2D eigenvalue weighted by Crippen LogP contribution is -2.56. The molecule has 0 bridgehead atoms. The topological polar surface area (TPSA) is 75.7 Å². The number of nitrogens with zero attached hydrogens (tertiary/aromatic N) is 1. The van der Waals surface area contributed by atoms with Crippen LogP contribution in [0, 0.1) is 0 Å². The predicted molar refractivity (Wildman–Crippen MR) is 108 cm³/mol. The highest BCUT2D eigenvalue weighted by atomic mass is 16.5. The lowest BCUT2D eigenvalue weighted by atomic mass is 9.81. The smallest absolute Gasteiger partial charge is 0.331 e. The molecule has 1 aromatic carbocycles. The second-order valence-corrected chi connectivity index (χ2v) is 7.43. The fourth-order valence-electron chi connectivity index (χ4n) is 3.94. The molecule has 0 unspecified atom stereocenters. The van der Waals surface area contributed by atoms with Crippen LogP contribution in [-0.4, -0.2) is 36.5 Å². The summed E-state index contributed by atoms with van der Waals surface area (Å²) in [6.45, 7) is 2.83. The fourth-order valence-corrected chi connectivity index (χ4v) is 3.94. The fraction of sp³-hybridized carbons (Fsp3) is 0.500. The summed E-state index contributed by atoms with van der Waals surface area (Å²) < 4.78 is 5.21. The number of nitrogens with one attached hydrogen (secondary N) is 1. The molecule has 28 heavy (non-hydrogen) atoms. The number of amides is 2. The molecule has 1 saturated carbocycles. The van der Waals surface area contributed by atoms with Gasteiger partial charge < -0.3 is 15.0 Å². The molecule has 1 saturated heterocycles. The van der Waals surface area contributed by atoms with E-state index in [1.807, 2.05) is 24.3 Å². The van der Waals surface area contributed by atoms with Crippen LogP contribution in [0.3, 0.4) is 0 Å². The predicted octanol–water partition coefficient (Wildman–Crippen LogP) is 3.21. The number of benzene rings is 1. The summed E-state index contributed by atoms with van der Waals surface area (Å²) in [4.78, 5) is 38.5. The van der Waals surface area contributed by atoms with Gasteiger partial charge in [-0.05, 0) is 50.0 Å². The first-order chi connectivity index (χ1) is 13.5. The van der Waals surface area contributed by atoms with Gasteiger partial charge >= 0.3 is 5.97 Å². The van der Waals surface area contributed by atoms with Crippen molar-refractivity contribution in [2.45, 2.75) is 57.4 Å². The first-order valence-electron chi connectivity index (χ1n) is 10.1. The summed E-state index contributed by atoms with van der Waals surface area (Å²) in [5, 5.41) is 2.90. The Morgan fingerprint density at radius 1 is 1.14 bits per heavy atom. The summed E-state index contributed by atoms with van der Waals surface area (Å²) in [6, 6.07) is 7.54. The molecule has 6 nitrogen and oxygen atoms in total. The monoisotopic (exact) mass is 384 g/mol. The van der Waals surface area contributed by atoms with Crippen molar-refractivity contribution in [2.24, 2.45) is 0 Å². The molecule has 3 rings (SSSR count). The van der Waals surface area contributed by atoms with Gasteiger partial charge in [0.15, 0.2) is 0 Å². The molecular formula is C22H28N2O4. The standard InChI is InChI=1S/C22H28N2O4/c1-2-28-21(27)22(14-4-3-5-15-22)23-19(25)13-10-17-8-11-18(12-9-17)24-16-6-7-20(24)26/h8-13H,2-7,14-16H2,1H3,(H,23,25)/b13-10+. The zero-order valence-corrected chi connectivity index (χ0v) is 16.4. The number of ether oxygens (including phenoxy) is 1. The van der Waals surface area contributed by atoms with Gasteiger partial charge in [-0.2, -0.15) is 0 Å². The Morgan fingerprint density at radius 2 is 1.86 bits per heavy atom. The maximum Gasteiger partial charge on any atom is 0.331 e. The summed E-state index contributed by atoms with van der Waals surface area (Å²) in [7, 11) is 0. The molecule has 150 valence electrons. The van der Waals surface area contributed by atoms with Crippen molar-refractivity contribution in [1.29, 1.82) is 0 Å². The minimum Gasteiger partial charge on any atom is -0.464 e. The van der Waals surface area contributed by atoms with E-state index < -0.39 is 5.54 Å². The van der Waals surface area contributed by atoms with E-state index in [0.717, 1.165) is 43.5 Å². The maximum absolute atomic E-state index is 12.5. The van der Waals surface area contributed by atoms with E-state index in [9.17, 15) is 14.4 Å². The quantitative estimate of drug-likeness (QED) is 0.604. The minimum absolute atomic E-state index is 0.152. The molecule has 0 aromatic heterocycles. The Hall–Kier alpha value is -2.63. The summed E-state index contributed by atoms with van der Waals surface area (Å²) in [5.74, 6) is -0.482. The van der Waals surface area contributed by atoms with Crippen molar-refractivity contribution >= 4 is 29.5 Å². The molecule has 1 aromatic rings. The van der Waals surface area contributed by atoms with E-state index in [0.29, 0.717) is 25.9 Å². The zero-order chi connectivity index (χ0) is 20.0. The van der Waals surface area contributed by atoms with Gasteiger partial charge in [-0.15, -0.1) is 0 Å². The van der Waals surface area contributed by atoms with Crippen LogP contribution in [0.2, 0.25) is 0 Å². The molecule has 1 aliphatic heterocycles.